The lowest BCUT2D eigenvalue weighted by molar-refractivity contribution is -0.124. The number of aryl methyl sites for hydroxylation is 1. The van der Waals surface area contributed by atoms with Crippen molar-refractivity contribution in [3.05, 3.63) is 23.8 Å². The van der Waals surface area contributed by atoms with Crippen LogP contribution < -0.4 is 4.90 Å². The van der Waals surface area contributed by atoms with E-state index in [0.717, 1.165) is 23.6 Å². The summed E-state index contributed by atoms with van der Waals surface area (Å²) in [6.07, 6.45) is 1.02. The summed E-state index contributed by atoms with van der Waals surface area (Å²) in [5.74, 6) is -0.00752. The van der Waals surface area contributed by atoms with Crippen molar-refractivity contribution in [3.63, 3.8) is 0 Å². The molecule has 1 aromatic carbocycles. The normalized spacial score (nSPS) is 15.4. The van der Waals surface area contributed by atoms with Crippen molar-refractivity contribution in [1.82, 2.24) is 9.88 Å². The first-order chi connectivity index (χ1) is 9.60. The molecule has 3 rings (SSSR count). The second-order valence-corrected chi connectivity index (χ2v) is 6.13. The van der Waals surface area contributed by atoms with Crippen molar-refractivity contribution in [2.75, 3.05) is 18.0 Å². The van der Waals surface area contributed by atoms with Gasteiger partial charge >= 0.3 is 0 Å². The lowest BCUT2D eigenvalue weighted by atomic mass is 10.2. The summed E-state index contributed by atoms with van der Waals surface area (Å²) in [7, 11) is 0. The van der Waals surface area contributed by atoms with Crippen LogP contribution in [0.1, 0.15) is 19.4 Å². The van der Waals surface area contributed by atoms with Crippen molar-refractivity contribution in [3.8, 4) is 0 Å². The number of hydrogen-bond donors (Lipinski definition) is 0. The number of hydrogen-bond acceptors (Lipinski definition) is 4. The third kappa shape index (κ3) is 2.19. The van der Waals surface area contributed by atoms with Crippen molar-refractivity contribution < 1.29 is 4.79 Å². The molecule has 0 aliphatic carbocycles. The Morgan fingerprint density at radius 1 is 1.45 bits per heavy atom. The van der Waals surface area contributed by atoms with Crippen LogP contribution in [0.2, 0.25) is 0 Å². The maximum absolute atomic E-state index is 11.5. The maximum atomic E-state index is 11.5. The van der Waals surface area contributed by atoms with Crippen molar-refractivity contribution >= 4 is 49.9 Å². The highest BCUT2D eigenvalue weighted by molar-refractivity contribution is 7.80. The van der Waals surface area contributed by atoms with Crippen molar-refractivity contribution in [2.24, 2.45) is 0 Å². The number of rotatable bonds is 2. The molecule has 0 N–H and O–H groups in total. The molecule has 2 heterocycles. The first kappa shape index (κ1) is 13.5. The number of thiazole rings is 1. The Morgan fingerprint density at radius 2 is 2.25 bits per heavy atom. The first-order valence-corrected chi connectivity index (χ1v) is 7.81. The van der Waals surface area contributed by atoms with E-state index in [1.165, 1.54) is 10.3 Å². The van der Waals surface area contributed by atoms with Gasteiger partial charge in [0, 0.05) is 20.0 Å². The molecule has 0 atom stereocenters. The molecule has 1 amide bonds. The summed E-state index contributed by atoms with van der Waals surface area (Å²) in [5.41, 5.74) is 2.30. The lowest BCUT2D eigenvalue weighted by Gasteiger charge is -2.16. The Hall–Kier alpha value is -1.53. The Morgan fingerprint density at radius 3 is 2.90 bits per heavy atom. The van der Waals surface area contributed by atoms with E-state index < -0.39 is 0 Å². The summed E-state index contributed by atoms with van der Waals surface area (Å²) in [4.78, 5) is 19.7. The van der Waals surface area contributed by atoms with Crippen LogP contribution in [0.15, 0.2) is 18.2 Å². The van der Waals surface area contributed by atoms with Gasteiger partial charge in [-0.25, -0.2) is 4.98 Å². The highest BCUT2D eigenvalue weighted by Gasteiger charge is 2.30. The second-order valence-electron chi connectivity index (χ2n) is 4.76. The van der Waals surface area contributed by atoms with E-state index in [9.17, 15) is 4.79 Å². The Labute approximate surface area is 127 Å². The van der Waals surface area contributed by atoms with E-state index in [-0.39, 0.29) is 5.91 Å². The Kier molecular flexibility index (Phi) is 3.43. The molecular formula is C14H15N3OS2. The van der Waals surface area contributed by atoms with Crippen LogP contribution in [0.4, 0.5) is 5.13 Å². The van der Waals surface area contributed by atoms with Crippen LogP contribution in [0.5, 0.6) is 0 Å². The number of carbonyl (C=O) groups is 1. The molecule has 4 nitrogen and oxygen atoms in total. The van der Waals surface area contributed by atoms with Gasteiger partial charge in [-0.05, 0) is 36.3 Å². The molecule has 1 aliphatic rings. The zero-order valence-corrected chi connectivity index (χ0v) is 13.1. The number of carbonyl (C=O) groups excluding carboxylic acids is 1. The predicted molar refractivity (Wildman–Crippen MR) is 86.3 cm³/mol. The van der Waals surface area contributed by atoms with Crippen LogP contribution in [0.25, 0.3) is 10.2 Å². The van der Waals surface area contributed by atoms with E-state index in [2.05, 4.69) is 30.1 Å². The van der Waals surface area contributed by atoms with Gasteiger partial charge in [0.05, 0.1) is 10.2 Å². The molecule has 0 saturated carbocycles. The van der Waals surface area contributed by atoms with E-state index >= 15 is 0 Å². The van der Waals surface area contributed by atoms with Gasteiger partial charge in [-0.2, -0.15) is 0 Å². The monoisotopic (exact) mass is 305 g/mol. The summed E-state index contributed by atoms with van der Waals surface area (Å²) in [5, 5.41) is 1.44. The number of benzene rings is 1. The number of anilines is 1. The molecule has 6 heteroatoms. The predicted octanol–water partition coefficient (Wildman–Crippen LogP) is 2.81. The minimum atomic E-state index is -0.00752. The fourth-order valence-corrected chi connectivity index (χ4v) is 3.81. The molecule has 1 saturated heterocycles. The van der Waals surface area contributed by atoms with Crippen LogP contribution in [-0.4, -0.2) is 34.0 Å². The highest BCUT2D eigenvalue weighted by atomic mass is 32.1. The van der Waals surface area contributed by atoms with Gasteiger partial charge in [0.2, 0.25) is 5.91 Å². The van der Waals surface area contributed by atoms with Gasteiger partial charge in [0.25, 0.3) is 0 Å². The third-order valence-electron chi connectivity index (χ3n) is 3.47. The standard InChI is InChI=1S/C14H15N3OS2/c1-3-10-4-5-11-12(8-10)20-13(15-11)17-7-6-16(9(2)18)14(17)19/h4-5,8H,3,6-7H2,1-2H3. The molecule has 0 radical (unpaired) electrons. The molecule has 20 heavy (non-hydrogen) atoms. The second kappa shape index (κ2) is 5.10. The molecule has 0 unspecified atom stereocenters. The smallest absolute Gasteiger partial charge is 0.225 e. The Bertz CT molecular complexity index is 695. The van der Waals surface area contributed by atoms with E-state index in [4.69, 9.17) is 12.2 Å². The van der Waals surface area contributed by atoms with Gasteiger partial charge in [-0.15, -0.1) is 0 Å². The zero-order chi connectivity index (χ0) is 14.3. The molecule has 0 bridgehead atoms. The van der Waals surface area contributed by atoms with E-state index in [1.54, 1.807) is 23.2 Å². The first-order valence-electron chi connectivity index (χ1n) is 6.59. The molecular weight excluding hydrogens is 290 g/mol. The quantitative estimate of drug-likeness (QED) is 0.800. The SMILES string of the molecule is CCc1ccc2nc(N3CCN(C(C)=O)C3=S)sc2c1. The average molecular weight is 305 g/mol. The maximum Gasteiger partial charge on any atom is 0.225 e. The van der Waals surface area contributed by atoms with Crippen LogP contribution in [0.3, 0.4) is 0 Å². The van der Waals surface area contributed by atoms with Crippen LogP contribution in [-0.2, 0) is 11.2 Å². The van der Waals surface area contributed by atoms with Gasteiger partial charge in [-0.1, -0.05) is 24.3 Å². The lowest BCUT2D eigenvalue weighted by Crippen LogP contribution is -2.34. The Balaban J connectivity index is 1.95. The van der Waals surface area contributed by atoms with Crippen molar-refractivity contribution in [2.45, 2.75) is 20.3 Å². The zero-order valence-electron chi connectivity index (χ0n) is 11.4. The number of nitrogens with zero attached hydrogens (tertiary/aromatic N) is 3. The molecule has 104 valence electrons. The number of amides is 1. The van der Waals surface area contributed by atoms with Gasteiger partial charge in [-0.3, -0.25) is 14.6 Å². The minimum absolute atomic E-state index is 0.00752. The van der Waals surface area contributed by atoms with Gasteiger partial charge in [0.1, 0.15) is 0 Å². The average Bonchev–Trinajstić information content (AvgIpc) is 3.00. The molecule has 1 fully saturated rings. The van der Waals surface area contributed by atoms with Gasteiger partial charge < -0.3 is 0 Å². The van der Waals surface area contributed by atoms with E-state index in [1.807, 2.05) is 4.90 Å². The van der Waals surface area contributed by atoms with Crippen LogP contribution in [0, 0.1) is 0 Å². The molecule has 0 spiro atoms. The molecule has 2 aromatic rings. The fraction of sp³-hybridized carbons (Fsp3) is 0.357. The topological polar surface area (TPSA) is 36.4 Å². The summed E-state index contributed by atoms with van der Waals surface area (Å²) in [6, 6.07) is 6.34. The number of thiocarbonyl (C=S) groups is 1. The summed E-state index contributed by atoms with van der Waals surface area (Å²) in [6.45, 7) is 5.05. The van der Waals surface area contributed by atoms with Crippen LogP contribution >= 0.6 is 23.6 Å². The fourth-order valence-electron chi connectivity index (χ4n) is 2.30. The van der Waals surface area contributed by atoms with Gasteiger partial charge in [0.15, 0.2) is 10.2 Å². The number of fused-ring (bicyclic) bond motifs is 1. The summed E-state index contributed by atoms with van der Waals surface area (Å²) >= 11 is 7.00. The molecule has 1 aliphatic heterocycles. The summed E-state index contributed by atoms with van der Waals surface area (Å²) < 4.78 is 1.17. The highest BCUT2D eigenvalue weighted by Crippen LogP contribution is 2.31. The van der Waals surface area contributed by atoms with Crippen molar-refractivity contribution in [1.29, 1.82) is 0 Å². The minimum Gasteiger partial charge on any atom is -0.292 e. The number of aromatic nitrogens is 1. The van der Waals surface area contributed by atoms with E-state index in [0.29, 0.717) is 11.7 Å². The largest absolute Gasteiger partial charge is 0.292 e. The third-order valence-corrected chi connectivity index (χ3v) is 4.95. The molecule has 1 aromatic heterocycles.